The standard InChI is InChI=1S/C6H5NS2/c7-5-3-4-1-2-8-6(4)9-5/h1-3H,7H2. The molecule has 0 atom stereocenters. The molecule has 2 aromatic heterocycles. The Morgan fingerprint density at radius 1 is 1.44 bits per heavy atom. The second-order valence-electron chi connectivity index (χ2n) is 1.81. The molecule has 0 aliphatic rings. The minimum atomic E-state index is 0.914. The van der Waals surface area contributed by atoms with Gasteiger partial charge < -0.3 is 5.73 Å². The van der Waals surface area contributed by atoms with Gasteiger partial charge in [-0.25, -0.2) is 0 Å². The van der Waals surface area contributed by atoms with Gasteiger partial charge in [0, 0.05) is 5.39 Å². The highest BCUT2D eigenvalue weighted by molar-refractivity contribution is 7.39. The molecule has 46 valence electrons. The lowest BCUT2D eigenvalue weighted by molar-refractivity contribution is 1.99. The molecular weight excluding hydrogens is 150 g/mol. The first-order chi connectivity index (χ1) is 4.36. The monoisotopic (exact) mass is 155 g/mol. The Hall–Kier alpha value is -0.540. The molecular formula is C6H5NS2. The third-order valence-corrected chi connectivity index (χ3v) is 3.20. The molecule has 2 heterocycles. The summed E-state index contributed by atoms with van der Waals surface area (Å²) in [5.41, 5.74) is 5.56. The van der Waals surface area contributed by atoms with E-state index in [4.69, 9.17) is 5.73 Å². The Bertz CT molecular complexity index is 292. The summed E-state index contributed by atoms with van der Waals surface area (Å²) in [4.78, 5) is 0. The lowest BCUT2D eigenvalue weighted by atomic mass is 10.4. The molecule has 2 rings (SSSR count). The molecule has 0 saturated carbocycles. The normalized spacial score (nSPS) is 10.7. The van der Waals surface area contributed by atoms with Gasteiger partial charge in [-0.2, -0.15) is 0 Å². The minimum absolute atomic E-state index is 0.914. The van der Waals surface area contributed by atoms with Crippen molar-refractivity contribution in [2.45, 2.75) is 0 Å². The van der Waals surface area contributed by atoms with E-state index in [0.717, 1.165) is 5.00 Å². The van der Waals surface area contributed by atoms with Crippen LogP contribution in [0.4, 0.5) is 5.00 Å². The minimum Gasteiger partial charge on any atom is -0.391 e. The van der Waals surface area contributed by atoms with Crippen LogP contribution in [0.15, 0.2) is 17.5 Å². The molecule has 0 aliphatic carbocycles. The molecule has 0 aliphatic heterocycles. The van der Waals surface area contributed by atoms with Crippen LogP contribution in [0.1, 0.15) is 0 Å². The van der Waals surface area contributed by atoms with Gasteiger partial charge in [0.1, 0.15) is 0 Å². The van der Waals surface area contributed by atoms with Gasteiger partial charge in [0.15, 0.2) is 0 Å². The van der Waals surface area contributed by atoms with Gasteiger partial charge in [0.05, 0.1) is 9.01 Å². The second-order valence-corrected chi connectivity index (χ2v) is 4.07. The van der Waals surface area contributed by atoms with Crippen LogP contribution < -0.4 is 5.73 Å². The van der Waals surface area contributed by atoms with Gasteiger partial charge in [-0.1, -0.05) is 0 Å². The molecule has 0 amide bonds. The summed E-state index contributed by atoms with van der Waals surface area (Å²) in [7, 11) is 0. The quantitative estimate of drug-likeness (QED) is 0.621. The third kappa shape index (κ3) is 0.730. The number of thiophene rings is 2. The zero-order chi connectivity index (χ0) is 6.27. The summed E-state index contributed by atoms with van der Waals surface area (Å²) >= 11 is 3.40. The highest BCUT2D eigenvalue weighted by atomic mass is 32.2. The summed E-state index contributed by atoms with van der Waals surface area (Å²) in [5, 5.41) is 4.28. The van der Waals surface area contributed by atoms with Crippen molar-refractivity contribution in [3.63, 3.8) is 0 Å². The number of hydrogen-bond donors (Lipinski definition) is 1. The SMILES string of the molecule is Nc1cc2ccsc2s1. The fourth-order valence-corrected chi connectivity index (χ4v) is 2.68. The molecule has 2 N–H and O–H groups in total. The van der Waals surface area contributed by atoms with E-state index in [0.29, 0.717) is 0 Å². The van der Waals surface area contributed by atoms with E-state index in [9.17, 15) is 0 Å². The molecule has 0 aromatic carbocycles. The zero-order valence-corrected chi connectivity index (χ0v) is 6.26. The summed E-state index contributed by atoms with van der Waals surface area (Å²) < 4.78 is 1.33. The molecule has 2 aromatic rings. The van der Waals surface area contributed by atoms with E-state index in [1.165, 1.54) is 9.40 Å². The van der Waals surface area contributed by atoms with Crippen molar-refractivity contribution in [2.24, 2.45) is 0 Å². The van der Waals surface area contributed by atoms with Crippen LogP contribution in [-0.4, -0.2) is 0 Å². The fourth-order valence-electron chi connectivity index (χ4n) is 0.785. The van der Waals surface area contributed by atoms with Crippen LogP contribution in [-0.2, 0) is 0 Å². The van der Waals surface area contributed by atoms with Crippen molar-refractivity contribution in [1.29, 1.82) is 0 Å². The van der Waals surface area contributed by atoms with Crippen molar-refractivity contribution in [3.05, 3.63) is 17.5 Å². The third-order valence-electron chi connectivity index (χ3n) is 1.17. The number of nitrogens with two attached hydrogens (primary N) is 1. The van der Waals surface area contributed by atoms with Gasteiger partial charge >= 0.3 is 0 Å². The number of fused-ring (bicyclic) bond motifs is 1. The highest BCUT2D eigenvalue weighted by Gasteiger charge is 1.96. The smallest absolute Gasteiger partial charge is 0.0886 e. The maximum atomic E-state index is 5.56. The Kier molecular flexibility index (Phi) is 1.00. The van der Waals surface area contributed by atoms with Crippen LogP contribution in [0.5, 0.6) is 0 Å². The number of anilines is 1. The Balaban J connectivity index is 2.92. The first-order valence-electron chi connectivity index (χ1n) is 2.59. The molecule has 0 spiro atoms. The molecule has 1 nitrogen and oxygen atoms in total. The molecule has 0 unspecified atom stereocenters. The summed E-state index contributed by atoms with van der Waals surface area (Å²) in [6.45, 7) is 0. The Morgan fingerprint density at radius 3 is 3.11 bits per heavy atom. The number of rotatable bonds is 0. The molecule has 3 heteroatoms. The van der Waals surface area contributed by atoms with Gasteiger partial charge in [-0.05, 0) is 17.5 Å². The van der Waals surface area contributed by atoms with E-state index in [1.54, 1.807) is 22.7 Å². The first kappa shape index (κ1) is 5.26. The zero-order valence-electron chi connectivity index (χ0n) is 4.63. The molecule has 0 saturated heterocycles. The predicted octanol–water partition coefficient (Wildman–Crippen LogP) is 2.54. The van der Waals surface area contributed by atoms with Crippen LogP contribution in [0.2, 0.25) is 0 Å². The molecule has 0 radical (unpaired) electrons. The van der Waals surface area contributed by atoms with Gasteiger partial charge in [0.2, 0.25) is 0 Å². The summed E-state index contributed by atoms with van der Waals surface area (Å²) in [5.74, 6) is 0. The molecule has 0 fully saturated rings. The van der Waals surface area contributed by atoms with Crippen molar-refractivity contribution in [2.75, 3.05) is 5.73 Å². The largest absolute Gasteiger partial charge is 0.391 e. The predicted molar refractivity (Wildman–Crippen MR) is 44.1 cm³/mol. The lowest BCUT2D eigenvalue weighted by Crippen LogP contribution is -1.72. The topological polar surface area (TPSA) is 26.0 Å². The molecule has 9 heavy (non-hydrogen) atoms. The van der Waals surface area contributed by atoms with Crippen molar-refractivity contribution in [1.82, 2.24) is 0 Å². The Morgan fingerprint density at radius 2 is 2.33 bits per heavy atom. The summed E-state index contributed by atoms with van der Waals surface area (Å²) in [6, 6.07) is 4.10. The molecule has 0 bridgehead atoms. The second kappa shape index (κ2) is 1.72. The Labute approximate surface area is 60.7 Å². The van der Waals surface area contributed by atoms with E-state index in [-0.39, 0.29) is 0 Å². The van der Waals surface area contributed by atoms with E-state index >= 15 is 0 Å². The van der Waals surface area contributed by atoms with Crippen LogP contribution in [0.3, 0.4) is 0 Å². The van der Waals surface area contributed by atoms with Crippen LogP contribution in [0.25, 0.3) is 9.40 Å². The van der Waals surface area contributed by atoms with Crippen LogP contribution in [0, 0.1) is 0 Å². The van der Waals surface area contributed by atoms with E-state index in [1.807, 2.05) is 6.07 Å². The van der Waals surface area contributed by atoms with Crippen LogP contribution >= 0.6 is 22.7 Å². The van der Waals surface area contributed by atoms with Crippen molar-refractivity contribution in [3.8, 4) is 0 Å². The van der Waals surface area contributed by atoms with Gasteiger partial charge in [0.25, 0.3) is 0 Å². The number of hydrogen-bond acceptors (Lipinski definition) is 3. The lowest BCUT2D eigenvalue weighted by Gasteiger charge is -1.71. The van der Waals surface area contributed by atoms with E-state index in [2.05, 4.69) is 11.4 Å². The fraction of sp³-hybridized carbons (Fsp3) is 0. The average molecular weight is 155 g/mol. The van der Waals surface area contributed by atoms with Gasteiger partial charge in [-0.3, -0.25) is 0 Å². The summed E-state index contributed by atoms with van der Waals surface area (Å²) in [6.07, 6.45) is 0. The maximum absolute atomic E-state index is 5.56. The van der Waals surface area contributed by atoms with E-state index < -0.39 is 0 Å². The van der Waals surface area contributed by atoms with Gasteiger partial charge in [-0.15, -0.1) is 22.7 Å². The van der Waals surface area contributed by atoms with Crippen molar-refractivity contribution < 1.29 is 0 Å². The maximum Gasteiger partial charge on any atom is 0.0886 e. The average Bonchev–Trinajstić information content (AvgIpc) is 2.22. The van der Waals surface area contributed by atoms with Crippen molar-refractivity contribution >= 4 is 37.1 Å². The first-order valence-corrected chi connectivity index (χ1v) is 4.28. The number of nitrogen functional groups attached to an aromatic ring is 1. The highest BCUT2D eigenvalue weighted by Crippen LogP contribution is 2.31.